The number of benzene rings is 3. The Morgan fingerprint density at radius 3 is 2.45 bits per heavy atom. The van der Waals surface area contributed by atoms with Gasteiger partial charge in [0.1, 0.15) is 17.3 Å². The van der Waals surface area contributed by atoms with Gasteiger partial charge in [0.15, 0.2) is 5.82 Å². The molecule has 33 heavy (non-hydrogen) atoms. The van der Waals surface area contributed by atoms with E-state index in [4.69, 9.17) is 0 Å². The molecule has 4 nitrogen and oxygen atoms in total. The Kier molecular flexibility index (Phi) is 7.05. The Bertz CT molecular complexity index is 1370. The normalized spacial score (nSPS) is 12.1. The zero-order chi connectivity index (χ0) is 23.4. The lowest BCUT2D eigenvalue weighted by molar-refractivity contribution is -0.0498. The molecule has 0 aliphatic rings. The van der Waals surface area contributed by atoms with Crippen LogP contribution in [0.2, 0.25) is 0 Å². The lowest BCUT2D eigenvalue weighted by Gasteiger charge is -2.07. The van der Waals surface area contributed by atoms with E-state index in [1.54, 1.807) is 23.7 Å². The number of nitrogens with zero attached hydrogens (tertiary/aromatic N) is 3. The summed E-state index contributed by atoms with van der Waals surface area (Å²) in [5.74, 6) is -1.49. The number of aromatic nitrogens is 1. The maximum Gasteiger partial charge on any atom is 0.387 e. The van der Waals surface area contributed by atoms with Crippen molar-refractivity contribution in [2.45, 2.75) is 6.61 Å². The second-order valence-electron chi connectivity index (χ2n) is 6.59. The predicted molar refractivity (Wildman–Crippen MR) is 123 cm³/mol. The maximum absolute atomic E-state index is 14.2. The standard InChI is InChI=1S/C23H14BrF4N3OS/c24-18-4-2-1-3-15(18)12-29-31-21(14-5-8-17(9-6-14)32-22(27)28)13-33-23(31)30-20-10-7-16(25)11-19(20)26/h1-13,22H. The van der Waals surface area contributed by atoms with Gasteiger partial charge in [0.25, 0.3) is 0 Å². The van der Waals surface area contributed by atoms with Crippen LogP contribution < -0.4 is 9.54 Å². The third-order valence-corrected chi connectivity index (χ3v) is 5.94. The fourth-order valence-electron chi connectivity index (χ4n) is 2.87. The molecule has 0 atom stereocenters. The summed E-state index contributed by atoms with van der Waals surface area (Å²) in [5.41, 5.74) is 1.99. The van der Waals surface area contributed by atoms with Crippen LogP contribution in [0.1, 0.15) is 5.56 Å². The van der Waals surface area contributed by atoms with Gasteiger partial charge in [-0.3, -0.25) is 0 Å². The van der Waals surface area contributed by atoms with Crippen LogP contribution in [0.15, 0.2) is 86.7 Å². The van der Waals surface area contributed by atoms with E-state index in [-0.39, 0.29) is 11.4 Å². The van der Waals surface area contributed by atoms with Crippen molar-refractivity contribution >= 4 is 39.2 Å². The lowest BCUT2D eigenvalue weighted by Crippen LogP contribution is -2.12. The van der Waals surface area contributed by atoms with Crippen molar-refractivity contribution in [3.05, 3.63) is 98.6 Å². The number of ether oxygens (including phenoxy) is 1. The quantitative estimate of drug-likeness (QED) is 0.194. The van der Waals surface area contributed by atoms with Crippen molar-refractivity contribution in [3.8, 4) is 17.0 Å². The first-order valence-electron chi connectivity index (χ1n) is 9.45. The third-order valence-electron chi connectivity index (χ3n) is 4.40. The van der Waals surface area contributed by atoms with Crippen molar-refractivity contribution < 1.29 is 22.3 Å². The van der Waals surface area contributed by atoms with Crippen LogP contribution in [0.5, 0.6) is 5.75 Å². The molecule has 3 aromatic carbocycles. The summed E-state index contributed by atoms with van der Waals surface area (Å²) >= 11 is 4.65. The van der Waals surface area contributed by atoms with Crippen molar-refractivity contribution in [2.24, 2.45) is 10.1 Å². The second kappa shape index (κ2) is 10.1. The first kappa shape index (κ1) is 22.9. The summed E-state index contributed by atoms with van der Waals surface area (Å²) in [6, 6.07) is 16.6. The first-order chi connectivity index (χ1) is 15.9. The average Bonchev–Trinajstić information content (AvgIpc) is 3.17. The zero-order valence-electron chi connectivity index (χ0n) is 16.6. The highest BCUT2D eigenvalue weighted by Crippen LogP contribution is 2.25. The molecular formula is C23H14BrF4N3OS. The Balaban J connectivity index is 1.82. The molecule has 4 aromatic rings. The van der Waals surface area contributed by atoms with Crippen LogP contribution in [0.4, 0.5) is 23.2 Å². The number of hydrogen-bond donors (Lipinski definition) is 0. The van der Waals surface area contributed by atoms with Gasteiger partial charge in [-0.2, -0.15) is 13.9 Å². The number of alkyl halides is 2. The largest absolute Gasteiger partial charge is 0.435 e. The maximum atomic E-state index is 14.2. The van der Waals surface area contributed by atoms with Crippen molar-refractivity contribution in [2.75, 3.05) is 0 Å². The minimum Gasteiger partial charge on any atom is -0.435 e. The van der Waals surface area contributed by atoms with Crippen molar-refractivity contribution in [1.82, 2.24) is 4.68 Å². The minimum absolute atomic E-state index is 0.0190. The summed E-state index contributed by atoms with van der Waals surface area (Å²) in [4.78, 5) is 4.64. The van der Waals surface area contributed by atoms with Gasteiger partial charge >= 0.3 is 6.61 Å². The average molecular weight is 536 g/mol. The summed E-state index contributed by atoms with van der Waals surface area (Å²) < 4.78 is 59.1. The summed E-state index contributed by atoms with van der Waals surface area (Å²) in [6.07, 6.45) is 1.61. The molecule has 168 valence electrons. The summed E-state index contributed by atoms with van der Waals surface area (Å²) in [5, 5.41) is 6.27. The van der Waals surface area contributed by atoms with E-state index < -0.39 is 18.2 Å². The molecule has 4 rings (SSSR count). The molecule has 0 saturated heterocycles. The smallest absolute Gasteiger partial charge is 0.387 e. The van der Waals surface area contributed by atoms with Crippen molar-refractivity contribution in [1.29, 1.82) is 0 Å². The van der Waals surface area contributed by atoms with Gasteiger partial charge in [0.2, 0.25) is 4.80 Å². The van der Waals surface area contributed by atoms with Gasteiger partial charge in [-0.1, -0.05) is 34.1 Å². The first-order valence-corrected chi connectivity index (χ1v) is 11.1. The van der Waals surface area contributed by atoms with Gasteiger partial charge in [0.05, 0.1) is 11.9 Å². The van der Waals surface area contributed by atoms with Crippen LogP contribution in [0.3, 0.4) is 0 Å². The van der Waals surface area contributed by atoms with Gasteiger partial charge in [-0.05, 0) is 42.5 Å². The molecule has 0 fully saturated rings. The number of thiazole rings is 1. The molecule has 10 heteroatoms. The van der Waals surface area contributed by atoms with E-state index in [0.717, 1.165) is 22.2 Å². The highest BCUT2D eigenvalue weighted by Gasteiger charge is 2.11. The molecule has 0 unspecified atom stereocenters. The molecular weight excluding hydrogens is 522 g/mol. The Labute approximate surface area is 198 Å². The molecule has 1 heterocycles. The number of halogens is 5. The fraction of sp³-hybridized carbons (Fsp3) is 0.0435. The Morgan fingerprint density at radius 2 is 1.76 bits per heavy atom. The van der Waals surface area contributed by atoms with Gasteiger partial charge in [0, 0.05) is 27.0 Å². The topological polar surface area (TPSA) is 38.9 Å². The molecule has 0 aliphatic carbocycles. The third kappa shape index (κ3) is 5.58. The van der Waals surface area contributed by atoms with Crippen LogP contribution in [0.25, 0.3) is 11.3 Å². The van der Waals surface area contributed by atoms with Gasteiger partial charge in [-0.15, -0.1) is 11.3 Å². The summed E-state index contributed by atoms with van der Waals surface area (Å²) in [7, 11) is 0. The van der Waals surface area contributed by atoms with Crippen LogP contribution >= 0.6 is 27.3 Å². The molecule has 1 aromatic heterocycles. The fourth-order valence-corrected chi connectivity index (χ4v) is 4.11. The SMILES string of the molecule is Fc1ccc(N=c2scc(-c3ccc(OC(F)F)cc3)n2N=Cc2ccccc2Br)c(F)c1. The highest BCUT2D eigenvalue weighted by atomic mass is 79.9. The van der Waals surface area contributed by atoms with Crippen LogP contribution in [-0.4, -0.2) is 17.5 Å². The van der Waals surface area contributed by atoms with E-state index in [0.29, 0.717) is 16.1 Å². The molecule has 0 radical (unpaired) electrons. The van der Waals surface area contributed by atoms with Gasteiger partial charge in [-0.25, -0.2) is 18.4 Å². The summed E-state index contributed by atoms with van der Waals surface area (Å²) in [6.45, 7) is -2.92. The van der Waals surface area contributed by atoms with Gasteiger partial charge < -0.3 is 4.74 Å². The molecule has 0 amide bonds. The van der Waals surface area contributed by atoms with E-state index in [1.165, 1.54) is 34.2 Å². The van der Waals surface area contributed by atoms with E-state index in [2.05, 4.69) is 30.8 Å². The van der Waals surface area contributed by atoms with E-state index >= 15 is 0 Å². The van der Waals surface area contributed by atoms with Crippen LogP contribution in [-0.2, 0) is 0 Å². The molecule has 0 N–H and O–H groups in total. The predicted octanol–water partition coefficient (Wildman–Crippen LogP) is 6.97. The number of hydrogen-bond acceptors (Lipinski definition) is 4. The van der Waals surface area contributed by atoms with Crippen molar-refractivity contribution in [3.63, 3.8) is 0 Å². The molecule has 0 aliphatic heterocycles. The van der Waals surface area contributed by atoms with E-state index in [1.807, 2.05) is 24.3 Å². The highest BCUT2D eigenvalue weighted by molar-refractivity contribution is 9.10. The minimum atomic E-state index is -2.92. The second-order valence-corrected chi connectivity index (χ2v) is 8.28. The monoisotopic (exact) mass is 535 g/mol. The zero-order valence-corrected chi connectivity index (χ0v) is 19.0. The molecule has 0 bridgehead atoms. The van der Waals surface area contributed by atoms with Crippen LogP contribution in [0, 0.1) is 11.6 Å². The van der Waals surface area contributed by atoms with E-state index in [9.17, 15) is 17.6 Å². The number of rotatable bonds is 6. The Morgan fingerprint density at radius 1 is 1.00 bits per heavy atom. The molecule has 0 spiro atoms. The molecule has 0 saturated carbocycles. The lowest BCUT2D eigenvalue weighted by atomic mass is 10.2. The Hall–Kier alpha value is -3.24.